The number of hydrogen-bond donors (Lipinski definition) is 1. The van der Waals surface area contributed by atoms with Gasteiger partial charge >= 0.3 is 0 Å². The molecule has 102 valence electrons. The smallest absolute Gasteiger partial charge is 0.174 e. The fraction of sp³-hybridized carbons (Fsp3) is 0.200. The topological polar surface area (TPSA) is 37.8 Å². The highest BCUT2D eigenvalue weighted by Crippen LogP contribution is 2.29. The lowest BCUT2D eigenvalue weighted by atomic mass is 10.00. The maximum atomic E-state index is 4.08. The molecule has 3 rings (SSSR count). The number of fused-ring (bicyclic) bond motifs is 1. The van der Waals surface area contributed by atoms with Gasteiger partial charge in [-0.3, -0.25) is 0 Å². The van der Waals surface area contributed by atoms with Crippen molar-refractivity contribution in [1.29, 1.82) is 0 Å². The highest BCUT2D eigenvalue weighted by Gasteiger charge is 2.13. The van der Waals surface area contributed by atoms with Gasteiger partial charge in [-0.05, 0) is 23.4 Å². The molecule has 1 heterocycles. The Hall–Kier alpha value is -1.43. The fourth-order valence-electron chi connectivity index (χ4n) is 2.26. The van der Waals surface area contributed by atoms with Crippen LogP contribution in [0.1, 0.15) is 11.6 Å². The minimum Gasteiger partial charge on any atom is -0.312 e. The van der Waals surface area contributed by atoms with Crippen LogP contribution in [0.4, 0.5) is 0 Å². The van der Waals surface area contributed by atoms with Crippen molar-refractivity contribution in [3.05, 3.63) is 53.5 Å². The zero-order valence-electron chi connectivity index (χ0n) is 11.1. The second-order valence-corrected chi connectivity index (χ2v) is 6.53. The molecule has 0 bridgehead atoms. The van der Waals surface area contributed by atoms with Crippen LogP contribution in [-0.2, 0) is 0 Å². The van der Waals surface area contributed by atoms with Crippen molar-refractivity contribution in [3.8, 4) is 0 Å². The molecule has 1 unspecified atom stereocenters. The van der Waals surface area contributed by atoms with E-state index in [0.29, 0.717) is 6.04 Å². The van der Waals surface area contributed by atoms with Gasteiger partial charge in [-0.15, -0.1) is 10.2 Å². The molecule has 0 radical (unpaired) electrons. The lowest BCUT2D eigenvalue weighted by Crippen LogP contribution is -2.19. The molecule has 0 amide bonds. The predicted octanol–water partition coefficient (Wildman–Crippen LogP) is 3.74. The van der Waals surface area contributed by atoms with Crippen LogP contribution in [0, 0.1) is 0 Å². The third kappa shape index (κ3) is 2.85. The summed E-state index contributed by atoms with van der Waals surface area (Å²) in [5.74, 6) is 0.944. The molecule has 3 aromatic rings. The van der Waals surface area contributed by atoms with E-state index in [1.807, 2.05) is 7.05 Å². The molecule has 0 saturated heterocycles. The second-order valence-electron chi connectivity index (χ2n) is 4.43. The molecule has 1 atom stereocenters. The van der Waals surface area contributed by atoms with Gasteiger partial charge in [-0.1, -0.05) is 65.6 Å². The Morgan fingerprint density at radius 1 is 1.20 bits per heavy atom. The Kier molecular flexibility index (Phi) is 4.30. The Morgan fingerprint density at radius 3 is 2.85 bits per heavy atom. The van der Waals surface area contributed by atoms with Crippen molar-refractivity contribution in [2.75, 3.05) is 12.8 Å². The van der Waals surface area contributed by atoms with Crippen molar-refractivity contribution >= 4 is 33.9 Å². The quantitative estimate of drug-likeness (QED) is 0.728. The first-order valence-electron chi connectivity index (χ1n) is 6.42. The van der Waals surface area contributed by atoms with Crippen LogP contribution in [-0.4, -0.2) is 23.0 Å². The molecule has 0 aliphatic carbocycles. The zero-order valence-corrected chi connectivity index (χ0v) is 12.7. The van der Waals surface area contributed by atoms with Gasteiger partial charge in [-0.2, -0.15) is 0 Å². The Bertz CT molecular complexity index is 677. The first-order valence-corrected chi connectivity index (χ1v) is 8.29. The highest BCUT2D eigenvalue weighted by molar-refractivity contribution is 8.01. The SMILES string of the molecule is CNC(CSc1nncs1)c1cccc2ccccc12. The van der Waals surface area contributed by atoms with Crippen molar-refractivity contribution in [3.63, 3.8) is 0 Å². The number of thioether (sulfide) groups is 1. The van der Waals surface area contributed by atoms with Gasteiger partial charge in [0.05, 0.1) is 0 Å². The summed E-state index contributed by atoms with van der Waals surface area (Å²) in [5.41, 5.74) is 3.11. The summed E-state index contributed by atoms with van der Waals surface area (Å²) in [6.07, 6.45) is 0. The monoisotopic (exact) mass is 301 g/mol. The Balaban J connectivity index is 1.87. The maximum Gasteiger partial charge on any atom is 0.174 e. The molecule has 2 aromatic carbocycles. The summed E-state index contributed by atoms with van der Waals surface area (Å²) in [6.45, 7) is 0. The van der Waals surface area contributed by atoms with E-state index < -0.39 is 0 Å². The van der Waals surface area contributed by atoms with Crippen LogP contribution in [0.2, 0.25) is 0 Å². The van der Waals surface area contributed by atoms with Crippen LogP contribution in [0.5, 0.6) is 0 Å². The largest absolute Gasteiger partial charge is 0.312 e. The number of nitrogens with zero attached hydrogens (tertiary/aromatic N) is 2. The average Bonchev–Trinajstić information content (AvgIpc) is 3.01. The number of benzene rings is 2. The summed E-state index contributed by atoms with van der Waals surface area (Å²) in [5, 5.41) is 14.0. The van der Waals surface area contributed by atoms with E-state index >= 15 is 0 Å². The first-order chi connectivity index (χ1) is 9.88. The molecule has 5 heteroatoms. The van der Waals surface area contributed by atoms with Crippen molar-refractivity contribution in [2.45, 2.75) is 10.4 Å². The van der Waals surface area contributed by atoms with E-state index in [1.54, 1.807) is 28.6 Å². The summed E-state index contributed by atoms with van der Waals surface area (Å²) in [4.78, 5) is 0. The Labute approximate surface area is 126 Å². The summed E-state index contributed by atoms with van der Waals surface area (Å²) < 4.78 is 1.02. The third-order valence-corrected chi connectivity index (χ3v) is 5.21. The lowest BCUT2D eigenvalue weighted by Gasteiger charge is -2.17. The molecule has 0 aliphatic heterocycles. The van der Waals surface area contributed by atoms with Crippen molar-refractivity contribution in [2.24, 2.45) is 0 Å². The summed E-state index contributed by atoms with van der Waals surface area (Å²) >= 11 is 3.33. The molecule has 1 aromatic heterocycles. The van der Waals surface area contributed by atoms with Gasteiger partial charge in [0.2, 0.25) is 0 Å². The van der Waals surface area contributed by atoms with Crippen LogP contribution in [0.15, 0.2) is 52.3 Å². The molecule has 0 spiro atoms. The van der Waals surface area contributed by atoms with Gasteiger partial charge in [0.25, 0.3) is 0 Å². The molecule has 1 N–H and O–H groups in total. The van der Waals surface area contributed by atoms with Crippen LogP contribution in [0.3, 0.4) is 0 Å². The lowest BCUT2D eigenvalue weighted by molar-refractivity contribution is 0.666. The van der Waals surface area contributed by atoms with E-state index in [1.165, 1.54) is 16.3 Å². The van der Waals surface area contributed by atoms with Gasteiger partial charge < -0.3 is 5.32 Å². The molecule has 0 saturated carbocycles. The van der Waals surface area contributed by atoms with Crippen LogP contribution in [0.25, 0.3) is 10.8 Å². The first kappa shape index (κ1) is 13.5. The van der Waals surface area contributed by atoms with Gasteiger partial charge in [-0.25, -0.2) is 0 Å². The Morgan fingerprint density at radius 2 is 2.05 bits per heavy atom. The second kappa shape index (κ2) is 6.35. The zero-order chi connectivity index (χ0) is 13.8. The molecular formula is C15H15N3S2. The van der Waals surface area contributed by atoms with Gasteiger partial charge in [0, 0.05) is 11.8 Å². The normalized spacial score (nSPS) is 12.7. The number of aromatic nitrogens is 2. The van der Waals surface area contributed by atoms with Crippen LogP contribution < -0.4 is 5.32 Å². The van der Waals surface area contributed by atoms with Gasteiger partial charge in [0.15, 0.2) is 4.34 Å². The van der Waals surface area contributed by atoms with Crippen molar-refractivity contribution < 1.29 is 0 Å². The number of hydrogen-bond acceptors (Lipinski definition) is 5. The molecule has 0 fully saturated rings. The molecule has 0 aliphatic rings. The maximum absolute atomic E-state index is 4.08. The van der Waals surface area contributed by atoms with E-state index in [4.69, 9.17) is 0 Å². The third-order valence-electron chi connectivity index (χ3n) is 3.26. The number of rotatable bonds is 5. The minimum atomic E-state index is 0.301. The summed E-state index contributed by atoms with van der Waals surface area (Å²) in [6, 6.07) is 15.3. The average molecular weight is 301 g/mol. The van der Waals surface area contributed by atoms with Gasteiger partial charge in [0.1, 0.15) is 5.51 Å². The van der Waals surface area contributed by atoms with E-state index in [2.05, 4.69) is 58.0 Å². The molecular weight excluding hydrogens is 286 g/mol. The minimum absolute atomic E-state index is 0.301. The standard InChI is InChI=1S/C15H15N3S2/c1-16-14(9-19-15-18-17-10-20-15)13-8-4-6-11-5-2-3-7-12(11)13/h2-8,10,14,16H,9H2,1H3. The number of nitrogens with one attached hydrogen (secondary N) is 1. The predicted molar refractivity (Wildman–Crippen MR) is 86.4 cm³/mol. The fourth-order valence-corrected chi connectivity index (χ4v) is 3.91. The van der Waals surface area contributed by atoms with E-state index in [0.717, 1.165) is 10.1 Å². The van der Waals surface area contributed by atoms with E-state index in [-0.39, 0.29) is 0 Å². The summed E-state index contributed by atoms with van der Waals surface area (Å²) in [7, 11) is 2.01. The molecule has 20 heavy (non-hydrogen) atoms. The van der Waals surface area contributed by atoms with Crippen LogP contribution >= 0.6 is 23.1 Å². The molecule has 3 nitrogen and oxygen atoms in total. The van der Waals surface area contributed by atoms with E-state index in [9.17, 15) is 0 Å². The van der Waals surface area contributed by atoms with Crippen molar-refractivity contribution in [1.82, 2.24) is 15.5 Å². The highest BCUT2D eigenvalue weighted by atomic mass is 32.2.